The third-order valence-corrected chi connectivity index (χ3v) is 6.54. The molecule has 1 aliphatic carbocycles. The number of cyclic esters (lactones) is 1. The molecule has 0 spiro atoms. The van der Waals surface area contributed by atoms with Crippen molar-refractivity contribution < 1.29 is 14.3 Å². The molecule has 0 aromatic carbocycles. The number of tetrazole rings is 1. The van der Waals surface area contributed by atoms with E-state index >= 15 is 0 Å². The van der Waals surface area contributed by atoms with Gasteiger partial charge in [-0.25, -0.2) is 9.78 Å². The van der Waals surface area contributed by atoms with Crippen molar-refractivity contribution >= 4 is 12.3 Å². The normalized spacial score (nSPS) is 24.0. The Morgan fingerprint density at radius 2 is 2.16 bits per heavy atom. The van der Waals surface area contributed by atoms with Crippen LogP contribution in [0.5, 0.6) is 0 Å². The lowest BCUT2D eigenvalue weighted by atomic mass is 9.70. The van der Waals surface area contributed by atoms with E-state index < -0.39 is 0 Å². The third-order valence-electron chi connectivity index (χ3n) is 6.54. The molecule has 170 valence electrons. The number of rotatable bonds is 9. The summed E-state index contributed by atoms with van der Waals surface area (Å²) in [6.45, 7) is 3.01. The number of esters is 1. The molecule has 2 aromatic heterocycles. The number of carbonyl (C=O) groups is 2. The maximum absolute atomic E-state index is 12.1. The Kier molecular flexibility index (Phi) is 6.54. The first kappa shape index (κ1) is 22.0. The first-order valence-corrected chi connectivity index (χ1v) is 10.8. The zero-order valence-corrected chi connectivity index (χ0v) is 18.3. The van der Waals surface area contributed by atoms with Gasteiger partial charge in [-0.1, -0.05) is 0 Å². The summed E-state index contributed by atoms with van der Waals surface area (Å²) >= 11 is 0. The van der Waals surface area contributed by atoms with Gasteiger partial charge in [0.1, 0.15) is 19.2 Å². The Balaban J connectivity index is 1.26. The quantitative estimate of drug-likeness (QED) is 0.442. The van der Waals surface area contributed by atoms with Gasteiger partial charge in [0.2, 0.25) is 0 Å². The van der Waals surface area contributed by atoms with Crippen LogP contribution in [0.4, 0.5) is 0 Å². The molecule has 1 unspecified atom stereocenters. The van der Waals surface area contributed by atoms with Crippen molar-refractivity contribution in [3.05, 3.63) is 36.2 Å². The first-order chi connectivity index (χ1) is 15.5. The number of aldehydes is 1. The molecule has 3 heterocycles. The van der Waals surface area contributed by atoms with Crippen LogP contribution >= 0.6 is 0 Å². The predicted molar refractivity (Wildman–Crippen MR) is 113 cm³/mol. The van der Waals surface area contributed by atoms with Crippen LogP contribution in [0, 0.1) is 5.41 Å². The smallest absolute Gasteiger partial charge is 0.333 e. The molecule has 2 aliphatic rings. The summed E-state index contributed by atoms with van der Waals surface area (Å²) in [5.41, 5.74) is 1.38. The number of carbonyl (C=O) groups excluding carboxylic acids is 2. The van der Waals surface area contributed by atoms with E-state index in [0.29, 0.717) is 25.0 Å². The van der Waals surface area contributed by atoms with E-state index in [2.05, 4.69) is 42.6 Å². The fourth-order valence-corrected chi connectivity index (χ4v) is 4.42. The van der Waals surface area contributed by atoms with Crippen LogP contribution in [0.25, 0.3) is 5.82 Å². The molecule has 11 heteroatoms. The van der Waals surface area contributed by atoms with Crippen LogP contribution in [0.3, 0.4) is 0 Å². The SMILES string of the molecule is CC(CC1(C=O)CCC(NCc2cnc(-n3cnnn3)cn2)CC1)N(C)C1=CC(=O)OC1. The van der Waals surface area contributed by atoms with Crippen molar-refractivity contribution in [1.82, 2.24) is 40.4 Å². The maximum Gasteiger partial charge on any atom is 0.333 e. The van der Waals surface area contributed by atoms with E-state index in [9.17, 15) is 9.59 Å². The summed E-state index contributed by atoms with van der Waals surface area (Å²) in [5, 5.41) is 14.5. The van der Waals surface area contributed by atoms with Gasteiger partial charge in [0.25, 0.3) is 0 Å². The molecule has 11 nitrogen and oxygen atoms in total. The highest BCUT2D eigenvalue weighted by Crippen LogP contribution is 2.39. The second-order valence-electron chi connectivity index (χ2n) is 8.66. The topological polar surface area (TPSA) is 128 Å². The molecule has 1 fully saturated rings. The fraction of sp³-hybridized carbons (Fsp3) is 0.571. The van der Waals surface area contributed by atoms with Crippen molar-refractivity contribution in [2.45, 2.75) is 57.7 Å². The van der Waals surface area contributed by atoms with Gasteiger partial charge in [-0.05, 0) is 49.5 Å². The van der Waals surface area contributed by atoms with Crippen molar-refractivity contribution in [3.8, 4) is 5.82 Å². The zero-order chi connectivity index (χ0) is 22.6. The summed E-state index contributed by atoms with van der Waals surface area (Å²) in [5.74, 6) is 0.265. The third kappa shape index (κ3) is 4.98. The minimum absolute atomic E-state index is 0.138. The first-order valence-electron chi connectivity index (χ1n) is 10.8. The second-order valence-corrected chi connectivity index (χ2v) is 8.66. The summed E-state index contributed by atoms with van der Waals surface area (Å²) in [4.78, 5) is 34.2. The highest BCUT2D eigenvalue weighted by molar-refractivity contribution is 5.85. The fourth-order valence-electron chi connectivity index (χ4n) is 4.42. The Morgan fingerprint density at radius 1 is 1.34 bits per heavy atom. The molecule has 1 atom stereocenters. The number of nitrogens with one attached hydrogen (secondary N) is 1. The number of ether oxygens (including phenoxy) is 1. The van der Waals surface area contributed by atoms with Crippen LogP contribution in [0.2, 0.25) is 0 Å². The molecule has 0 amide bonds. The number of likely N-dealkylation sites (N-methyl/N-ethyl adjacent to an activating group) is 1. The van der Waals surface area contributed by atoms with E-state index in [4.69, 9.17) is 4.74 Å². The Hall–Kier alpha value is -3.21. The zero-order valence-electron chi connectivity index (χ0n) is 18.3. The van der Waals surface area contributed by atoms with Crippen molar-refractivity contribution in [2.24, 2.45) is 5.41 Å². The molecular formula is C21H28N8O3. The summed E-state index contributed by atoms with van der Waals surface area (Å²) < 4.78 is 6.47. The lowest BCUT2D eigenvalue weighted by Crippen LogP contribution is -2.42. The van der Waals surface area contributed by atoms with Crippen molar-refractivity contribution in [3.63, 3.8) is 0 Å². The van der Waals surface area contributed by atoms with Crippen LogP contribution < -0.4 is 5.32 Å². The average Bonchev–Trinajstić information content (AvgIpc) is 3.51. The number of nitrogens with zero attached hydrogens (tertiary/aromatic N) is 7. The number of hydrogen-bond donors (Lipinski definition) is 1. The highest BCUT2D eigenvalue weighted by Gasteiger charge is 2.37. The Bertz CT molecular complexity index is 952. The standard InChI is InChI=1S/C21H28N8O3/c1-15(28(2)18-7-20(31)32-12-18)8-21(13-30)5-3-16(4-6-21)22-9-17-10-24-19(11-23-17)29-14-25-26-27-29/h7,10-11,13-16,22H,3-6,8-9,12H2,1-2H3. The monoisotopic (exact) mass is 440 g/mol. The van der Waals surface area contributed by atoms with E-state index in [1.807, 2.05) is 7.05 Å². The molecule has 1 saturated carbocycles. The van der Waals surface area contributed by atoms with Gasteiger partial charge in [0.15, 0.2) is 5.82 Å². The van der Waals surface area contributed by atoms with Gasteiger partial charge >= 0.3 is 5.97 Å². The Morgan fingerprint density at radius 3 is 2.75 bits per heavy atom. The van der Waals surface area contributed by atoms with Gasteiger partial charge in [-0.2, -0.15) is 4.68 Å². The maximum atomic E-state index is 12.1. The Labute approximate surface area is 186 Å². The van der Waals surface area contributed by atoms with E-state index in [-0.39, 0.29) is 17.4 Å². The molecule has 1 N–H and O–H groups in total. The predicted octanol–water partition coefficient (Wildman–Crippen LogP) is 0.821. The molecule has 0 radical (unpaired) electrons. The van der Waals surface area contributed by atoms with Gasteiger partial charge < -0.3 is 19.7 Å². The summed E-state index contributed by atoms with van der Waals surface area (Å²) in [7, 11) is 1.95. The van der Waals surface area contributed by atoms with Gasteiger partial charge in [0, 0.05) is 37.2 Å². The molecule has 2 aromatic rings. The van der Waals surface area contributed by atoms with Crippen LogP contribution in [0.1, 0.15) is 44.7 Å². The van der Waals surface area contributed by atoms with E-state index in [1.54, 1.807) is 12.4 Å². The largest absolute Gasteiger partial charge is 0.456 e. The summed E-state index contributed by atoms with van der Waals surface area (Å²) in [6.07, 6.45) is 11.8. The molecule has 4 rings (SSSR count). The van der Waals surface area contributed by atoms with E-state index in [1.165, 1.54) is 17.1 Å². The minimum atomic E-state index is -0.330. The number of aromatic nitrogens is 6. The van der Waals surface area contributed by atoms with Crippen LogP contribution in [-0.2, 0) is 20.9 Å². The van der Waals surface area contributed by atoms with Gasteiger partial charge in [-0.3, -0.25) is 4.98 Å². The van der Waals surface area contributed by atoms with Crippen molar-refractivity contribution in [2.75, 3.05) is 13.7 Å². The van der Waals surface area contributed by atoms with Crippen LogP contribution in [-0.4, -0.2) is 73.1 Å². The molecule has 0 saturated heterocycles. The highest BCUT2D eigenvalue weighted by atomic mass is 16.5. The lowest BCUT2D eigenvalue weighted by Gasteiger charge is -2.40. The van der Waals surface area contributed by atoms with Gasteiger partial charge in [0.05, 0.1) is 23.8 Å². The minimum Gasteiger partial charge on any atom is -0.456 e. The molecule has 0 bridgehead atoms. The molecule has 1 aliphatic heterocycles. The second kappa shape index (κ2) is 9.51. The van der Waals surface area contributed by atoms with Crippen molar-refractivity contribution in [1.29, 1.82) is 0 Å². The summed E-state index contributed by atoms with van der Waals surface area (Å²) in [6, 6.07) is 0.472. The molecule has 32 heavy (non-hydrogen) atoms. The molecular weight excluding hydrogens is 412 g/mol. The van der Waals surface area contributed by atoms with Crippen LogP contribution in [0.15, 0.2) is 30.5 Å². The lowest BCUT2D eigenvalue weighted by molar-refractivity contribution is -0.135. The van der Waals surface area contributed by atoms with E-state index in [0.717, 1.165) is 49.8 Å². The number of hydrogen-bond acceptors (Lipinski definition) is 10. The van der Waals surface area contributed by atoms with Gasteiger partial charge in [-0.15, -0.1) is 5.10 Å². The average molecular weight is 441 g/mol.